The minimum absolute atomic E-state index is 0.128. The highest BCUT2D eigenvalue weighted by Gasteiger charge is 2.25. The molecule has 0 fully saturated rings. The molecule has 0 spiro atoms. The highest BCUT2D eigenvalue weighted by molar-refractivity contribution is 6.30. The van der Waals surface area contributed by atoms with Gasteiger partial charge in [-0.25, -0.2) is 4.39 Å². The summed E-state index contributed by atoms with van der Waals surface area (Å²) in [4.78, 5) is 26.3. The Morgan fingerprint density at radius 2 is 1.84 bits per heavy atom. The van der Waals surface area contributed by atoms with Crippen molar-refractivity contribution in [2.75, 3.05) is 7.05 Å². The average Bonchev–Trinajstić information content (AvgIpc) is 2.59. The summed E-state index contributed by atoms with van der Waals surface area (Å²) in [6, 6.07) is 12.3. The van der Waals surface area contributed by atoms with Gasteiger partial charge in [-0.05, 0) is 42.3 Å². The Bertz CT molecular complexity index is 749. The van der Waals surface area contributed by atoms with Gasteiger partial charge in [0.05, 0.1) is 6.42 Å². The van der Waals surface area contributed by atoms with Crippen molar-refractivity contribution in [1.29, 1.82) is 0 Å². The van der Waals surface area contributed by atoms with E-state index in [1.54, 1.807) is 37.3 Å². The van der Waals surface area contributed by atoms with Gasteiger partial charge in [-0.2, -0.15) is 0 Å². The van der Waals surface area contributed by atoms with Crippen molar-refractivity contribution in [2.24, 2.45) is 0 Å². The molecule has 0 aromatic heterocycles. The molecule has 0 saturated carbocycles. The maximum atomic E-state index is 13.1. The zero-order valence-electron chi connectivity index (χ0n) is 14.1. The predicted molar refractivity (Wildman–Crippen MR) is 95.6 cm³/mol. The third-order valence-corrected chi connectivity index (χ3v) is 4.16. The van der Waals surface area contributed by atoms with Crippen molar-refractivity contribution in [1.82, 2.24) is 10.2 Å². The highest BCUT2D eigenvalue weighted by Crippen LogP contribution is 2.15. The number of halogens is 2. The fraction of sp³-hybridized carbons (Fsp3) is 0.263. The van der Waals surface area contributed by atoms with Crippen LogP contribution in [0.3, 0.4) is 0 Å². The van der Waals surface area contributed by atoms with E-state index in [4.69, 9.17) is 11.6 Å². The molecule has 1 N–H and O–H groups in total. The standard InChI is InChI=1S/C19H20ClFN2O2/c1-13(19(25)22-2)23(12-14-6-8-17(21)9-7-14)18(24)11-15-4-3-5-16(20)10-15/h3-10,13H,11-12H2,1-2H3,(H,22,25)/t13-/m0/s1. The summed E-state index contributed by atoms with van der Waals surface area (Å²) in [5.74, 6) is -0.816. The zero-order valence-corrected chi connectivity index (χ0v) is 14.9. The molecule has 0 bridgehead atoms. The lowest BCUT2D eigenvalue weighted by molar-refractivity contribution is -0.139. The molecule has 2 amide bonds. The van der Waals surface area contributed by atoms with Crippen LogP contribution >= 0.6 is 11.6 Å². The third-order valence-electron chi connectivity index (χ3n) is 3.92. The maximum absolute atomic E-state index is 13.1. The molecule has 2 aromatic carbocycles. The fourth-order valence-electron chi connectivity index (χ4n) is 2.50. The number of rotatable bonds is 6. The number of carbonyl (C=O) groups is 2. The maximum Gasteiger partial charge on any atom is 0.242 e. The van der Waals surface area contributed by atoms with Crippen molar-refractivity contribution in [3.05, 3.63) is 70.5 Å². The predicted octanol–water partition coefficient (Wildman–Crippen LogP) is 3.18. The second-order valence-corrected chi connectivity index (χ2v) is 6.18. The highest BCUT2D eigenvalue weighted by atomic mass is 35.5. The molecule has 0 aliphatic rings. The Hall–Kier alpha value is -2.40. The molecule has 2 aromatic rings. The SMILES string of the molecule is CNC(=O)[C@H](C)N(Cc1ccc(F)cc1)C(=O)Cc1cccc(Cl)c1. The molecule has 0 heterocycles. The van der Waals surface area contributed by atoms with Gasteiger partial charge in [0.25, 0.3) is 0 Å². The van der Waals surface area contributed by atoms with Crippen molar-refractivity contribution in [3.8, 4) is 0 Å². The van der Waals surface area contributed by atoms with E-state index < -0.39 is 6.04 Å². The Kier molecular flexibility index (Phi) is 6.53. The molecule has 0 aliphatic heterocycles. The van der Waals surface area contributed by atoms with Gasteiger partial charge in [-0.15, -0.1) is 0 Å². The van der Waals surface area contributed by atoms with Gasteiger partial charge in [0.1, 0.15) is 11.9 Å². The first kappa shape index (κ1) is 18.9. The number of nitrogens with zero attached hydrogens (tertiary/aromatic N) is 1. The van der Waals surface area contributed by atoms with Gasteiger partial charge in [0, 0.05) is 18.6 Å². The number of hydrogen-bond acceptors (Lipinski definition) is 2. The average molecular weight is 363 g/mol. The van der Waals surface area contributed by atoms with Gasteiger partial charge in [0.15, 0.2) is 0 Å². The molecule has 0 aliphatic carbocycles. The Morgan fingerprint density at radius 3 is 2.44 bits per heavy atom. The fourth-order valence-corrected chi connectivity index (χ4v) is 2.71. The van der Waals surface area contributed by atoms with E-state index in [9.17, 15) is 14.0 Å². The first-order valence-corrected chi connectivity index (χ1v) is 8.28. The summed E-state index contributed by atoms with van der Waals surface area (Å²) in [5.41, 5.74) is 1.52. The monoisotopic (exact) mass is 362 g/mol. The summed E-state index contributed by atoms with van der Waals surface area (Å²) in [6.45, 7) is 1.88. The van der Waals surface area contributed by atoms with Gasteiger partial charge in [0.2, 0.25) is 11.8 Å². The van der Waals surface area contributed by atoms with Crippen molar-refractivity contribution in [2.45, 2.75) is 25.9 Å². The van der Waals surface area contributed by atoms with Crippen molar-refractivity contribution >= 4 is 23.4 Å². The summed E-state index contributed by atoms with van der Waals surface area (Å²) in [5, 5.41) is 3.10. The Balaban J connectivity index is 2.21. The summed E-state index contributed by atoms with van der Waals surface area (Å²) in [6.07, 6.45) is 0.128. The minimum Gasteiger partial charge on any atom is -0.357 e. The molecule has 25 heavy (non-hydrogen) atoms. The van der Waals surface area contributed by atoms with Gasteiger partial charge in [-0.1, -0.05) is 35.9 Å². The van der Waals surface area contributed by atoms with Crippen LogP contribution in [0.2, 0.25) is 5.02 Å². The topological polar surface area (TPSA) is 49.4 Å². The first-order chi connectivity index (χ1) is 11.9. The molecular formula is C19H20ClFN2O2. The number of nitrogens with one attached hydrogen (secondary N) is 1. The summed E-state index contributed by atoms with van der Waals surface area (Å²) in [7, 11) is 1.52. The van der Waals surface area contributed by atoms with E-state index in [-0.39, 0.29) is 30.6 Å². The molecule has 0 saturated heterocycles. The molecule has 2 rings (SSSR count). The molecule has 4 nitrogen and oxygen atoms in total. The van der Waals surface area contributed by atoms with Crippen molar-refractivity contribution < 1.29 is 14.0 Å². The van der Waals surface area contributed by atoms with E-state index in [0.717, 1.165) is 11.1 Å². The van der Waals surface area contributed by atoms with E-state index in [1.165, 1.54) is 24.1 Å². The molecule has 1 atom stereocenters. The normalized spacial score (nSPS) is 11.7. The third kappa shape index (κ3) is 5.29. The number of amides is 2. The largest absolute Gasteiger partial charge is 0.357 e. The van der Waals surface area contributed by atoms with Crippen LogP contribution in [0.5, 0.6) is 0 Å². The van der Waals surface area contributed by atoms with E-state index in [1.807, 2.05) is 6.07 Å². The Morgan fingerprint density at radius 1 is 1.16 bits per heavy atom. The number of carbonyl (C=O) groups excluding carboxylic acids is 2. The number of hydrogen-bond donors (Lipinski definition) is 1. The van der Waals surface area contributed by atoms with E-state index in [2.05, 4.69) is 5.32 Å². The molecule has 0 unspecified atom stereocenters. The minimum atomic E-state index is -0.651. The van der Waals surface area contributed by atoms with Gasteiger partial charge in [-0.3, -0.25) is 9.59 Å². The smallest absolute Gasteiger partial charge is 0.242 e. The van der Waals surface area contributed by atoms with Gasteiger partial charge >= 0.3 is 0 Å². The van der Waals surface area contributed by atoms with Crippen LogP contribution in [0.4, 0.5) is 4.39 Å². The van der Waals surface area contributed by atoms with Crippen LogP contribution in [0, 0.1) is 5.82 Å². The van der Waals surface area contributed by atoms with Crippen LogP contribution in [0.25, 0.3) is 0 Å². The number of benzene rings is 2. The van der Waals surface area contributed by atoms with Crippen LogP contribution in [-0.2, 0) is 22.6 Å². The van der Waals surface area contributed by atoms with E-state index >= 15 is 0 Å². The second-order valence-electron chi connectivity index (χ2n) is 5.75. The lowest BCUT2D eigenvalue weighted by Crippen LogP contribution is -2.47. The number of likely N-dealkylation sites (N-methyl/N-ethyl adjacent to an activating group) is 1. The molecule has 6 heteroatoms. The second kappa shape index (κ2) is 8.62. The van der Waals surface area contributed by atoms with Crippen LogP contribution in [0.1, 0.15) is 18.1 Å². The molecule has 132 valence electrons. The first-order valence-electron chi connectivity index (χ1n) is 7.90. The summed E-state index contributed by atoms with van der Waals surface area (Å²) < 4.78 is 13.1. The van der Waals surface area contributed by atoms with Crippen molar-refractivity contribution in [3.63, 3.8) is 0 Å². The lowest BCUT2D eigenvalue weighted by Gasteiger charge is -2.28. The molecule has 0 radical (unpaired) electrons. The Labute approximate surface area is 151 Å². The van der Waals surface area contributed by atoms with E-state index in [0.29, 0.717) is 5.02 Å². The lowest BCUT2D eigenvalue weighted by atomic mass is 10.1. The quantitative estimate of drug-likeness (QED) is 0.858. The van der Waals surface area contributed by atoms with Crippen LogP contribution in [0.15, 0.2) is 48.5 Å². The van der Waals surface area contributed by atoms with Crippen LogP contribution < -0.4 is 5.32 Å². The molecular weight excluding hydrogens is 343 g/mol. The van der Waals surface area contributed by atoms with Gasteiger partial charge < -0.3 is 10.2 Å². The summed E-state index contributed by atoms with van der Waals surface area (Å²) >= 11 is 5.96. The van der Waals surface area contributed by atoms with Crippen LogP contribution in [-0.4, -0.2) is 29.8 Å². The zero-order chi connectivity index (χ0) is 18.4.